The predicted molar refractivity (Wildman–Crippen MR) is 71.9 cm³/mol. The number of rotatable bonds is 5. The first-order valence-electron chi connectivity index (χ1n) is 5.66. The van der Waals surface area contributed by atoms with Gasteiger partial charge >= 0.3 is 0 Å². The Hall–Kier alpha value is -1.40. The Morgan fingerprint density at radius 1 is 1.33 bits per heavy atom. The molecule has 18 heavy (non-hydrogen) atoms. The fourth-order valence-electron chi connectivity index (χ4n) is 1.42. The Bertz CT molecular complexity index is 526. The first-order chi connectivity index (χ1) is 8.36. The Morgan fingerprint density at radius 2 is 1.94 bits per heavy atom. The molecule has 0 heterocycles. The van der Waals surface area contributed by atoms with E-state index >= 15 is 0 Å². The van der Waals surface area contributed by atoms with Crippen molar-refractivity contribution in [2.45, 2.75) is 13.8 Å². The zero-order chi connectivity index (χ0) is 13.8. The van der Waals surface area contributed by atoms with Crippen LogP contribution < -0.4 is 5.32 Å². The van der Waals surface area contributed by atoms with Crippen molar-refractivity contribution < 1.29 is 13.2 Å². The third-order valence-corrected chi connectivity index (χ3v) is 4.43. The topological polar surface area (TPSA) is 66.5 Å². The molecule has 0 unspecified atom stereocenters. The number of aryl methyl sites for hydroxylation is 1. The molecule has 6 heteroatoms. The molecule has 0 spiro atoms. The number of carbonyl (C=O) groups excluding carboxylic acids is 1. The molecule has 0 radical (unpaired) electrons. The molecule has 0 saturated heterocycles. The van der Waals surface area contributed by atoms with Crippen LogP contribution in [0.1, 0.15) is 12.5 Å². The zero-order valence-corrected chi connectivity index (χ0v) is 11.6. The number of para-hydroxylation sites is 1. The minimum Gasteiger partial charge on any atom is -0.325 e. The molecule has 0 atom stereocenters. The number of hydrogen-bond donors (Lipinski definition) is 1. The van der Waals surface area contributed by atoms with Crippen LogP contribution in [0.4, 0.5) is 5.69 Å². The van der Waals surface area contributed by atoms with E-state index in [1.54, 1.807) is 13.0 Å². The smallest absolute Gasteiger partial charge is 0.239 e. The summed E-state index contributed by atoms with van der Waals surface area (Å²) < 4.78 is 24.1. The van der Waals surface area contributed by atoms with Crippen molar-refractivity contribution in [2.75, 3.05) is 24.7 Å². The second kappa shape index (κ2) is 5.97. The number of nitrogens with zero attached hydrogens (tertiary/aromatic N) is 1. The van der Waals surface area contributed by atoms with Crippen LogP contribution in [0.5, 0.6) is 0 Å². The largest absolute Gasteiger partial charge is 0.325 e. The summed E-state index contributed by atoms with van der Waals surface area (Å²) in [7, 11) is -1.92. The van der Waals surface area contributed by atoms with Crippen molar-refractivity contribution in [3.8, 4) is 0 Å². The van der Waals surface area contributed by atoms with Gasteiger partial charge in [0.1, 0.15) is 0 Å². The summed E-state index contributed by atoms with van der Waals surface area (Å²) in [6.45, 7) is 3.25. The minimum absolute atomic E-state index is 0.0128. The van der Waals surface area contributed by atoms with Gasteiger partial charge in [0, 0.05) is 12.7 Å². The first kappa shape index (κ1) is 14.7. The SMILES string of the molecule is CCS(=O)(=O)N(C)CC(=O)Nc1ccccc1C. The summed E-state index contributed by atoms with van der Waals surface area (Å²) in [5.74, 6) is -0.356. The van der Waals surface area contributed by atoms with Gasteiger partial charge < -0.3 is 5.32 Å². The second-order valence-electron chi connectivity index (χ2n) is 4.02. The molecule has 0 aliphatic heterocycles. The summed E-state index contributed by atoms with van der Waals surface area (Å²) in [5, 5.41) is 2.69. The van der Waals surface area contributed by atoms with Crippen LogP contribution in [0.2, 0.25) is 0 Å². The summed E-state index contributed by atoms with van der Waals surface area (Å²) in [4.78, 5) is 11.7. The van der Waals surface area contributed by atoms with Crippen LogP contribution >= 0.6 is 0 Å². The third-order valence-electron chi connectivity index (χ3n) is 2.63. The monoisotopic (exact) mass is 270 g/mol. The molecule has 1 N–H and O–H groups in total. The molecule has 100 valence electrons. The lowest BCUT2D eigenvalue weighted by Crippen LogP contribution is -2.35. The minimum atomic E-state index is -3.32. The molecule has 0 bridgehead atoms. The molecule has 0 aliphatic rings. The van der Waals surface area contributed by atoms with Gasteiger partial charge in [0.25, 0.3) is 0 Å². The number of hydrogen-bond acceptors (Lipinski definition) is 3. The van der Waals surface area contributed by atoms with Crippen LogP contribution in [0, 0.1) is 6.92 Å². The number of benzene rings is 1. The lowest BCUT2D eigenvalue weighted by atomic mass is 10.2. The molecule has 0 aromatic heterocycles. The van der Waals surface area contributed by atoms with E-state index in [0.717, 1.165) is 9.87 Å². The maximum Gasteiger partial charge on any atom is 0.239 e. The van der Waals surface area contributed by atoms with Crippen molar-refractivity contribution in [1.82, 2.24) is 4.31 Å². The highest BCUT2D eigenvalue weighted by Gasteiger charge is 2.18. The van der Waals surface area contributed by atoms with E-state index in [2.05, 4.69) is 5.32 Å². The number of nitrogens with one attached hydrogen (secondary N) is 1. The van der Waals surface area contributed by atoms with Crippen LogP contribution in [0.25, 0.3) is 0 Å². The summed E-state index contributed by atoms with van der Waals surface area (Å²) >= 11 is 0. The van der Waals surface area contributed by atoms with Gasteiger partial charge in [-0.05, 0) is 25.5 Å². The van der Waals surface area contributed by atoms with Crippen molar-refractivity contribution in [3.63, 3.8) is 0 Å². The lowest BCUT2D eigenvalue weighted by Gasteiger charge is -2.16. The highest BCUT2D eigenvalue weighted by Crippen LogP contribution is 2.13. The van der Waals surface area contributed by atoms with Crippen molar-refractivity contribution >= 4 is 21.6 Å². The van der Waals surface area contributed by atoms with Gasteiger partial charge in [0.05, 0.1) is 12.3 Å². The van der Waals surface area contributed by atoms with Crippen molar-refractivity contribution in [1.29, 1.82) is 0 Å². The molecule has 0 saturated carbocycles. The average Bonchev–Trinajstić information content (AvgIpc) is 2.32. The lowest BCUT2D eigenvalue weighted by molar-refractivity contribution is -0.116. The van der Waals surface area contributed by atoms with Gasteiger partial charge in [-0.2, -0.15) is 4.31 Å². The third kappa shape index (κ3) is 3.82. The van der Waals surface area contributed by atoms with Gasteiger partial charge in [-0.25, -0.2) is 8.42 Å². The fraction of sp³-hybridized carbons (Fsp3) is 0.417. The van der Waals surface area contributed by atoms with Crippen LogP contribution in [0.15, 0.2) is 24.3 Å². The normalized spacial score (nSPS) is 11.6. The molecule has 0 aliphatic carbocycles. The van der Waals surface area contributed by atoms with Crippen LogP contribution in [0.3, 0.4) is 0 Å². The zero-order valence-electron chi connectivity index (χ0n) is 10.8. The molecule has 0 fully saturated rings. The van der Waals surface area contributed by atoms with Crippen LogP contribution in [-0.4, -0.2) is 38.0 Å². The summed E-state index contributed by atoms with van der Waals surface area (Å²) in [6.07, 6.45) is 0. The maximum atomic E-state index is 11.7. The number of sulfonamides is 1. The Kier molecular flexibility index (Phi) is 4.86. The van der Waals surface area contributed by atoms with E-state index < -0.39 is 10.0 Å². The summed E-state index contributed by atoms with van der Waals surface area (Å²) in [5.41, 5.74) is 1.64. The van der Waals surface area contributed by atoms with E-state index in [-0.39, 0.29) is 18.2 Å². The van der Waals surface area contributed by atoms with Crippen molar-refractivity contribution in [3.05, 3.63) is 29.8 Å². The summed E-state index contributed by atoms with van der Waals surface area (Å²) in [6, 6.07) is 7.34. The molecule has 1 amide bonds. The first-order valence-corrected chi connectivity index (χ1v) is 7.27. The van der Waals surface area contributed by atoms with Gasteiger partial charge in [0.15, 0.2) is 0 Å². The number of carbonyl (C=O) groups is 1. The standard InChI is InChI=1S/C12H18N2O3S/c1-4-18(16,17)14(3)9-12(15)13-11-8-6-5-7-10(11)2/h5-8H,4,9H2,1-3H3,(H,13,15). The Labute approximate surface area is 108 Å². The molecule has 5 nitrogen and oxygen atoms in total. The number of anilines is 1. The predicted octanol–water partition coefficient (Wildman–Crippen LogP) is 1.22. The van der Waals surface area contributed by atoms with Gasteiger partial charge in [-0.15, -0.1) is 0 Å². The van der Waals surface area contributed by atoms with Gasteiger partial charge in [-0.1, -0.05) is 18.2 Å². The van der Waals surface area contributed by atoms with E-state index in [1.165, 1.54) is 7.05 Å². The highest BCUT2D eigenvalue weighted by atomic mass is 32.2. The molecular weight excluding hydrogens is 252 g/mol. The number of amides is 1. The second-order valence-corrected chi connectivity index (χ2v) is 6.38. The van der Waals surface area contributed by atoms with E-state index in [1.807, 2.05) is 25.1 Å². The molecule has 1 aromatic rings. The van der Waals surface area contributed by atoms with E-state index in [9.17, 15) is 13.2 Å². The number of likely N-dealkylation sites (N-methyl/N-ethyl adjacent to an activating group) is 1. The Morgan fingerprint density at radius 3 is 2.50 bits per heavy atom. The van der Waals surface area contributed by atoms with E-state index in [0.29, 0.717) is 5.69 Å². The van der Waals surface area contributed by atoms with Gasteiger partial charge in [0.2, 0.25) is 15.9 Å². The van der Waals surface area contributed by atoms with Crippen LogP contribution in [-0.2, 0) is 14.8 Å². The fourth-order valence-corrected chi connectivity index (χ4v) is 2.18. The molecular formula is C12H18N2O3S. The van der Waals surface area contributed by atoms with E-state index in [4.69, 9.17) is 0 Å². The highest BCUT2D eigenvalue weighted by molar-refractivity contribution is 7.89. The maximum absolute atomic E-state index is 11.7. The van der Waals surface area contributed by atoms with Crippen molar-refractivity contribution in [2.24, 2.45) is 0 Å². The average molecular weight is 270 g/mol. The molecule has 1 rings (SSSR count). The Balaban J connectivity index is 2.66. The molecule has 1 aromatic carbocycles. The van der Waals surface area contributed by atoms with Gasteiger partial charge in [-0.3, -0.25) is 4.79 Å². The quantitative estimate of drug-likeness (QED) is 0.874.